The van der Waals surface area contributed by atoms with Gasteiger partial charge in [-0.05, 0) is 66.6 Å². The zero-order valence-electron chi connectivity index (χ0n) is 19.8. The van der Waals surface area contributed by atoms with Crippen molar-refractivity contribution in [1.29, 1.82) is 0 Å². The molecule has 2 atom stereocenters. The molecule has 0 spiro atoms. The van der Waals surface area contributed by atoms with Crippen LogP contribution in [0.4, 0.5) is 5.82 Å². The fraction of sp³-hybridized carbons (Fsp3) is 0.241. The topological polar surface area (TPSA) is 92.9 Å². The molecule has 2 N–H and O–H groups in total. The van der Waals surface area contributed by atoms with Crippen LogP contribution < -0.4 is 5.32 Å². The lowest BCUT2D eigenvalue weighted by Gasteiger charge is -2.26. The first kappa shape index (κ1) is 22.2. The number of rotatable bonds is 7. The number of hydrogen-bond donors (Lipinski definition) is 2. The van der Waals surface area contributed by atoms with Crippen molar-refractivity contribution in [3.63, 3.8) is 0 Å². The maximum Gasteiger partial charge on any atom is 0.305 e. The van der Waals surface area contributed by atoms with E-state index in [2.05, 4.69) is 39.6 Å². The lowest BCUT2D eigenvalue weighted by Crippen LogP contribution is -2.26. The molecule has 0 radical (unpaired) electrons. The van der Waals surface area contributed by atoms with Crippen molar-refractivity contribution in [3.8, 4) is 0 Å². The average molecular weight is 478 g/mol. The summed E-state index contributed by atoms with van der Waals surface area (Å²) in [5.41, 5.74) is 5.11. The Morgan fingerprint density at radius 1 is 1.06 bits per heavy atom. The van der Waals surface area contributed by atoms with Gasteiger partial charge in [-0.25, -0.2) is 4.98 Å². The summed E-state index contributed by atoms with van der Waals surface area (Å²) in [5, 5.41) is 20.0. The predicted molar refractivity (Wildman–Crippen MR) is 140 cm³/mol. The quantitative estimate of drug-likeness (QED) is 0.326. The van der Waals surface area contributed by atoms with E-state index in [1.54, 1.807) is 10.9 Å². The van der Waals surface area contributed by atoms with Crippen molar-refractivity contribution in [1.82, 2.24) is 19.7 Å². The molecule has 2 aromatic carbocycles. The number of aliphatic carboxylic acids is 1. The fourth-order valence-electron chi connectivity index (χ4n) is 5.12. The molecule has 2 unspecified atom stereocenters. The molecule has 180 valence electrons. The van der Waals surface area contributed by atoms with Gasteiger partial charge in [-0.1, -0.05) is 36.4 Å². The first-order valence-corrected chi connectivity index (χ1v) is 12.4. The number of carbonyl (C=O) groups is 1. The van der Waals surface area contributed by atoms with E-state index in [0.717, 1.165) is 58.9 Å². The van der Waals surface area contributed by atoms with Crippen molar-refractivity contribution < 1.29 is 9.90 Å². The smallest absolute Gasteiger partial charge is 0.305 e. The van der Waals surface area contributed by atoms with Crippen molar-refractivity contribution in [2.75, 3.05) is 5.32 Å². The second kappa shape index (κ2) is 9.41. The number of pyridine rings is 2. The van der Waals surface area contributed by atoms with E-state index in [0.29, 0.717) is 6.04 Å². The van der Waals surface area contributed by atoms with Gasteiger partial charge in [-0.3, -0.25) is 14.5 Å². The van der Waals surface area contributed by atoms with Gasteiger partial charge in [-0.15, -0.1) is 0 Å². The number of carboxylic acids is 1. The van der Waals surface area contributed by atoms with Gasteiger partial charge >= 0.3 is 5.97 Å². The van der Waals surface area contributed by atoms with Crippen LogP contribution in [0.1, 0.15) is 42.0 Å². The van der Waals surface area contributed by atoms with Crippen LogP contribution in [-0.4, -0.2) is 36.9 Å². The SMILES string of the molecule is O=C(O)CC(c1cnc2ccccc2c1)n1cc2ccc(CCC3CCc4cccnc4N3)cc2n1. The number of aryl methyl sites for hydroxylation is 2. The Bertz CT molecular complexity index is 1560. The maximum atomic E-state index is 11.7. The molecule has 0 amide bonds. The highest BCUT2D eigenvalue weighted by molar-refractivity contribution is 5.80. The first-order valence-electron chi connectivity index (χ1n) is 12.4. The number of fused-ring (bicyclic) bond motifs is 3. The summed E-state index contributed by atoms with van der Waals surface area (Å²) in [6.07, 6.45) is 9.59. The Labute approximate surface area is 208 Å². The third kappa shape index (κ3) is 4.52. The molecule has 6 rings (SSSR count). The van der Waals surface area contributed by atoms with E-state index in [1.807, 2.05) is 48.8 Å². The molecule has 3 aromatic heterocycles. The summed E-state index contributed by atoms with van der Waals surface area (Å²) in [6, 6.07) is 20.3. The van der Waals surface area contributed by atoms with Crippen LogP contribution in [-0.2, 0) is 17.6 Å². The minimum absolute atomic E-state index is 0.0657. The number of para-hydroxylation sites is 1. The Balaban J connectivity index is 1.23. The summed E-state index contributed by atoms with van der Waals surface area (Å²) in [7, 11) is 0. The summed E-state index contributed by atoms with van der Waals surface area (Å²) >= 11 is 0. The molecule has 7 nitrogen and oxygen atoms in total. The van der Waals surface area contributed by atoms with Crippen LogP contribution >= 0.6 is 0 Å². The average Bonchev–Trinajstić information content (AvgIpc) is 3.33. The van der Waals surface area contributed by atoms with E-state index < -0.39 is 12.0 Å². The Kier molecular flexibility index (Phi) is 5.81. The molecule has 5 aromatic rings. The minimum atomic E-state index is -0.871. The molecule has 0 aliphatic carbocycles. The molecule has 1 aliphatic heterocycles. The number of nitrogens with one attached hydrogen (secondary N) is 1. The maximum absolute atomic E-state index is 11.7. The lowest BCUT2D eigenvalue weighted by atomic mass is 9.96. The highest BCUT2D eigenvalue weighted by Gasteiger charge is 2.21. The van der Waals surface area contributed by atoms with Crippen LogP contribution in [0, 0.1) is 0 Å². The third-order valence-corrected chi connectivity index (χ3v) is 7.05. The van der Waals surface area contributed by atoms with Crippen molar-refractivity contribution in [2.24, 2.45) is 0 Å². The first-order chi connectivity index (χ1) is 17.6. The normalized spacial score (nSPS) is 15.9. The fourth-order valence-corrected chi connectivity index (χ4v) is 5.12. The monoisotopic (exact) mass is 477 g/mol. The molecular formula is C29H27N5O2. The largest absolute Gasteiger partial charge is 0.481 e. The zero-order valence-corrected chi connectivity index (χ0v) is 19.8. The summed E-state index contributed by atoms with van der Waals surface area (Å²) < 4.78 is 1.78. The lowest BCUT2D eigenvalue weighted by molar-refractivity contribution is -0.137. The molecule has 7 heteroatoms. The Hall–Kier alpha value is -4.26. The number of carboxylic acid groups (broad SMARTS) is 1. The van der Waals surface area contributed by atoms with Crippen molar-refractivity contribution in [2.45, 2.75) is 44.2 Å². The van der Waals surface area contributed by atoms with E-state index in [1.165, 1.54) is 11.1 Å². The van der Waals surface area contributed by atoms with Crippen molar-refractivity contribution >= 4 is 33.6 Å². The number of anilines is 1. The van der Waals surface area contributed by atoms with Gasteiger partial charge in [0.25, 0.3) is 0 Å². The highest BCUT2D eigenvalue weighted by atomic mass is 16.4. The van der Waals surface area contributed by atoms with E-state index in [9.17, 15) is 9.90 Å². The van der Waals surface area contributed by atoms with Gasteiger partial charge in [0.1, 0.15) is 5.82 Å². The molecule has 4 heterocycles. The Morgan fingerprint density at radius 3 is 2.89 bits per heavy atom. The highest BCUT2D eigenvalue weighted by Crippen LogP contribution is 2.28. The molecule has 1 aliphatic rings. The number of benzene rings is 2. The van der Waals surface area contributed by atoms with Gasteiger partial charge in [0.05, 0.1) is 23.5 Å². The molecule has 0 fully saturated rings. The Morgan fingerprint density at radius 2 is 1.97 bits per heavy atom. The molecule has 0 saturated heterocycles. The van der Waals surface area contributed by atoms with Gasteiger partial charge in [0.15, 0.2) is 0 Å². The standard InChI is InChI=1S/C29H27N5O2/c35-28(36)16-27(23-15-21-4-1-2-6-25(21)31-17-23)34-18-22-9-7-19(14-26(22)33-34)8-11-24-12-10-20-5-3-13-30-29(20)32-24/h1-7,9,13-15,17-18,24,27H,8,10-12,16H2,(H,30,32)(H,35,36). The summed E-state index contributed by atoms with van der Waals surface area (Å²) in [5.74, 6) is 0.139. The van der Waals surface area contributed by atoms with E-state index in [4.69, 9.17) is 5.10 Å². The summed E-state index contributed by atoms with van der Waals surface area (Å²) in [4.78, 5) is 20.7. The summed E-state index contributed by atoms with van der Waals surface area (Å²) in [6.45, 7) is 0. The molecule has 0 bridgehead atoms. The van der Waals surface area contributed by atoms with E-state index in [-0.39, 0.29) is 6.42 Å². The van der Waals surface area contributed by atoms with Gasteiger partial charge in [-0.2, -0.15) is 5.10 Å². The number of nitrogens with zero attached hydrogens (tertiary/aromatic N) is 4. The number of aromatic nitrogens is 4. The molecular weight excluding hydrogens is 450 g/mol. The van der Waals surface area contributed by atoms with Crippen LogP contribution in [0.5, 0.6) is 0 Å². The van der Waals surface area contributed by atoms with Crippen molar-refractivity contribution in [3.05, 3.63) is 95.9 Å². The van der Waals surface area contributed by atoms with Gasteiger partial charge < -0.3 is 10.4 Å². The molecule has 36 heavy (non-hydrogen) atoms. The van der Waals surface area contributed by atoms with Gasteiger partial charge in [0.2, 0.25) is 0 Å². The second-order valence-electron chi connectivity index (χ2n) is 9.51. The van der Waals surface area contributed by atoms with E-state index >= 15 is 0 Å². The van der Waals surface area contributed by atoms with Crippen LogP contribution in [0.2, 0.25) is 0 Å². The van der Waals surface area contributed by atoms with Gasteiger partial charge in [0, 0.05) is 35.4 Å². The molecule has 0 saturated carbocycles. The third-order valence-electron chi connectivity index (χ3n) is 7.05. The van der Waals surface area contributed by atoms with Crippen LogP contribution in [0.15, 0.2) is 79.3 Å². The minimum Gasteiger partial charge on any atom is -0.481 e. The predicted octanol–water partition coefficient (Wildman–Crippen LogP) is 5.40. The number of hydrogen-bond acceptors (Lipinski definition) is 5. The van der Waals surface area contributed by atoms with Crippen LogP contribution in [0.3, 0.4) is 0 Å². The van der Waals surface area contributed by atoms with Crippen LogP contribution in [0.25, 0.3) is 21.8 Å². The second-order valence-corrected chi connectivity index (χ2v) is 9.51. The zero-order chi connectivity index (χ0) is 24.5.